The van der Waals surface area contributed by atoms with Gasteiger partial charge in [0, 0.05) is 5.20 Å². The molecule has 0 saturated heterocycles. The number of carbonyl (C=O) groups is 1. The first kappa shape index (κ1) is 9.43. The van der Waals surface area contributed by atoms with Crippen molar-refractivity contribution in [3.63, 3.8) is 0 Å². The Labute approximate surface area is 62.9 Å². The maximum absolute atomic E-state index is 10.9. The van der Waals surface area contributed by atoms with E-state index in [1.165, 1.54) is 7.11 Å². The Bertz CT molecular complexity index is 155. The van der Waals surface area contributed by atoms with Gasteiger partial charge in [0.2, 0.25) is 0 Å². The van der Waals surface area contributed by atoms with Crippen LogP contribution in [0.1, 0.15) is 0 Å². The number of esters is 1. The smallest absolute Gasteiger partial charge is 0.329 e. The molecule has 0 atom stereocenters. The topological polar surface area (TPSA) is 26.3 Å². The zero-order chi connectivity index (χ0) is 8.36. The van der Waals surface area contributed by atoms with Crippen LogP contribution in [-0.2, 0) is 9.53 Å². The monoisotopic (exact) mass is 158 g/mol. The summed E-state index contributed by atoms with van der Waals surface area (Å²) in [6, 6.07) is 0. The standard InChI is InChI=1S/C7H14O2Si/c1-6(7(8)9-2)10(3,4)5/h1H2,2-5H3. The summed E-state index contributed by atoms with van der Waals surface area (Å²) in [5.74, 6) is -0.265. The summed E-state index contributed by atoms with van der Waals surface area (Å²) in [6.07, 6.45) is 0. The summed E-state index contributed by atoms with van der Waals surface area (Å²) >= 11 is 0. The van der Waals surface area contributed by atoms with Crippen molar-refractivity contribution in [1.29, 1.82) is 0 Å². The maximum atomic E-state index is 10.9. The van der Waals surface area contributed by atoms with Gasteiger partial charge in [-0.05, 0) is 0 Å². The van der Waals surface area contributed by atoms with Crippen LogP contribution in [0.2, 0.25) is 19.6 Å². The van der Waals surface area contributed by atoms with Crippen LogP contribution >= 0.6 is 0 Å². The second-order valence-electron chi connectivity index (χ2n) is 3.22. The van der Waals surface area contributed by atoms with Gasteiger partial charge in [0.05, 0.1) is 15.2 Å². The molecule has 0 fully saturated rings. The van der Waals surface area contributed by atoms with E-state index < -0.39 is 8.07 Å². The molecule has 0 radical (unpaired) electrons. The largest absolute Gasteiger partial charge is 0.466 e. The molecule has 0 saturated carbocycles. The highest BCUT2D eigenvalue weighted by atomic mass is 28.3. The molecular weight excluding hydrogens is 144 g/mol. The van der Waals surface area contributed by atoms with E-state index in [-0.39, 0.29) is 5.97 Å². The van der Waals surface area contributed by atoms with Crippen LogP contribution in [0.4, 0.5) is 0 Å². The van der Waals surface area contributed by atoms with Crippen LogP contribution in [0.3, 0.4) is 0 Å². The van der Waals surface area contributed by atoms with Gasteiger partial charge in [-0.15, -0.1) is 0 Å². The predicted octanol–water partition coefficient (Wildman–Crippen LogP) is 1.59. The lowest BCUT2D eigenvalue weighted by molar-refractivity contribution is -0.135. The van der Waals surface area contributed by atoms with Gasteiger partial charge in [-0.3, -0.25) is 0 Å². The molecule has 0 bridgehead atoms. The minimum atomic E-state index is -1.51. The summed E-state index contributed by atoms with van der Waals surface area (Å²) in [4.78, 5) is 10.9. The molecule has 0 amide bonds. The fraction of sp³-hybridized carbons (Fsp3) is 0.571. The van der Waals surface area contributed by atoms with Crippen molar-refractivity contribution in [3.05, 3.63) is 11.8 Å². The van der Waals surface area contributed by atoms with Crippen LogP contribution in [0.25, 0.3) is 0 Å². The van der Waals surface area contributed by atoms with E-state index in [0.717, 1.165) is 0 Å². The Kier molecular flexibility index (Phi) is 2.84. The molecule has 10 heavy (non-hydrogen) atoms. The third kappa shape index (κ3) is 2.35. The van der Waals surface area contributed by atoms with E-state index in [2.05, 4.69) is 31.0 Å². The van der Waals surface area contributed by atoms with Crippen molar-refractivity contribution >= 4 is 14.0 Å². The van der Waals surface area contributed by atoms with Gasteiger partial charge in [-0.1, -0.05) is 26.2 Å². The van der Waals surface area contributed by atoms with Gasteiger partial charge in [0.1, 0.15) is 0 Å². The number of methoxy groups -OCH3 is 1. The second-order valence-corrected chi connectivity index (χ2v) is 8.32. The molecule has 0 aromatic rings. The lowest BCUT2D eigenvalue weighted by Crippen LogP contribution is -2.29. The molecule has 0 aromatic heterocycles. The van der Waals surface area contributed by atoms with Crippen molar-refractivity contribution in [2.75, 3.05) is 7.11 Å². The summed E-state index contributed by atoms with van der Waals surface area (Å²) in [7, 11) is -0.131. The van der Waals surface area contributed by atoms with Gasteiger partial charge in [-0.25, -0.2) is 4.79 Å². The van der Waals surface area contributed by atoms with Crippen LogP contribution in [0.5, 0.6) is 0 Å². The fourth-order valence-electron chi connectivity index (χ4n) is 0.429. The van der Waals surface area contributed by atoms with Gasteiger partial charge in [0.15, 0.2) is 0 Å². The third-order valence-corrected chi connectivity index (χ3v) is 3.35. The Balaban J connectivity index is 4.24. The molecule has 0 N–H and O–H groups in total. The molecule has 0 aliphatic carbocycles. The molecule has 0 rings (SSSR count). The highest BCUT2D eigenvalue weighted by Gasteiger charge is 2.23. The Morgan fingerprint density at radius 1 is 1.40 bits per heavy atom. The van der Waals surface area contributed by atoms with E-state index in [1.54, 1.807) is 0 Å². The number of hydrogen-bond acceptors (Lipinski definition) is 2. The SMILES string of the molecule is C=C(C(=O)OC)[Si](C)(C)C. The Morgan fingerprint density at radius 3 is 1.90 bits per heavy atom. The van der Waals surface area contributed by atoms with Crippen molar-refractivity contribution in [2.45, 2.75) is 19.6 Å². The fourth-order valence-corrected chi connectivity index (χ4v) is 1.14. The van der Waals surface area contributed by atoms with Gasteiger partial charge in [-0.2, -0.15) is 0 Å². The number of carbonyl (C=O) groups excluding carboxylic acids is 1. The van der Waals surface area contributed by atoms with E-state index in [9.17, 15) is 4.79 Å². The van der Waals surface area contributed by atoms with E-state index in [0.29, 0.717) is 5.20 Å². The zero-order valence-electron chi connectivity index (χ0n) is 7.02. The van der Waals surface area contributed by atoms with Crippen molar-refractivity contribution in [1.82, 2.24) is 0 Å². The third-order valence-electron chi connectivity index (χ3n) is 1.34. The van der Waals surface area contributed by atoms with Crippen LogP contribution in [0.15, 0.2) is 11.8 Å². The second kappa shape index (κ2) is 3.01. The summed E-state index contributed by atoms with van der Waals surface area (Å²) in [6.45, 7) is 9.87. The highest BCUT2D eigenvalue weighted by molar-refractivity contribution is 6.86. The molecule has 0 aliphatic rings. The Hall–Kier alpha value is -0.573. The molecule has 0 aliphatic heterocycles. The molecule has 0 aromatic carbocycles. The minimum absolute atomic E-state index is 0.265. The maximum Gasteiger partial charge on any atom is 0.329 e. The summed E-state index contributed by atoms with van der Waals surface area (Å²) in [5, 5.41) is 0.648. The van der Waals surface area contributed by atoms with Crippen LogP contribution < -0.4 is 0 Å². The van der Waals surface area contributed by atoms with Gasteiger partial charge < -0.3 is 4.74 Å². The highest BCUT2D eigenvalue weighted by Crippen LogP contribution is 2.12. The van der Waals surface area contributed by atoms with Gasteiger partial charge >= 0.3 is 5.97 Å². The van der Waals surface area contributed by atoms with Crippen molar-refractivity contribution in [3.8, 4) is 0 Å². The molecule has 0 spiro atoms. The van der Waals surface area contributed by atoms with Crippen molar-refractivity contribution in [2.24, 2.45) is 0 Å². The zero-order valence-corrected chi connectivity index (χ0v) is 8.02. The number of ether oxygens (including phenoxy) is 1. The van der Waals surface area contributed by atoms with E-state index in [1.807, 2.05) is 0 Å². The average Bonchev–Trinajstić information content (AvgIpc) is 1.83. The summed E-state index contributed by atoms with van der Waals surface area (Å²) < 4.78 is 4.53. The lowest BCUT2D eigenvalue weighted by Gasteiger charge is -2.16. The minimum Gasteiger partial charge on any atom is -0.466 e. The Morgan fingerprint density at radius 2 is 1.80 bits per heavy atom. The van der Waals surface area contributed by atoms with Gasteiger partial charge in [0.25, 0.3) is 0 Å². The normalized spacial score (nSPS) is 10.8. The first-order chi connectivity index (χ1) is 4.39. The molecule has 0 heterocycles. The van der Waals surface area contributed by atoms with E-state index >= 15 is 0 Å². The van der Waals surface area contributed by atoms with Crippen molar-refractivity contribution < 1.29 is 9.53 Å². The average molecular weight is 158 g/mol. The van der Waals surface area contributed by atoms with E-state index in [4.69, 9.17) is 0 Å². The van der Waals surface area contributed by atoms with Crippen LogP contribution in [-0.4, -0.2) is 21.2 Å². The first-order valence-corrected chi connectivity index (χ1v) is 6.67. The van der Waals surface area contributed by atoms with Crippen LogP contribution in [0, 0.1) is 0 Å². The molecule has 0 unspecified atom stereocenters. The number of rotatable bonds is 2. The molecule has 3 heteroatoms. The lowest BCUT2D eigenvalue weighted by atomic mass is 10.6. The quantitative estimate of drug-likeness (QED) is 0.346. The molecule has 58 valence electrons. The number of hydrogen-bond donors (Lipinski definition) is 0. The first-order valence-electron chi connectivity index (χ1n) is 3.17. The molecule has 2 nitrogen and oxygen atoms in total. The molecular formula is C7H14O2Si. The summed E-state index contributed by atoms with van der Waals surface area (Å²) in [5.41, 5.74) is 0. The predicted molar refractivity (Wildman–Crippen MR) is 44.5 cm³/mol.